The summed E-state index contributed by atoms with van der Waals surface area (Å²) >= 11 is 0. The predicted octanol–water partition coefficient (Wildman–Crippen LogP) is 0.638. The molecule has 122 valence electrons. The maximum absolute atomic E-state index is 12.7. The van der Waals surface area contributed by atoms with Crippen molar-refractivity contribution in [2.24, 2.45) is 0 Å². The molecule has 1 unspecified atom stereocenters. The van der Waals surface area contributed by atoms with E-state index >= 15 is 0 Å². The first-order valence-electron chi connectivity index (χ1n) is 6.80. The molecule has 0 aromatic carbocycles. The lowest BCUT2D eigenvalue weighted by Crippen LogP contribution is -2.29. The van der Waals surface area contributed by atoms with Gasteiger partial charge in [0.05, 0.1) is 23.1 Å². The lowest BCUT2D eigenvalue weighted by molar-refractivity contribution is 0.0524. The Kier molecular flexibility index (Phi) is 4.46. The van der Waals surface area contributed by atoms with E-state index in [2.05, 4.69) is 5.10 Å². The van der Waals surface area contributed by atoms with Crippen molar-refractivity contribution in [1.29, 1.82) is 0 Å². The molecule has 0 aliphatic heterocycles. The summed E-state index contributed by atoms with van der Waals surface area (Å²) in [6.45, 7) is 4.14. The van der Waals surface area contributed by atoms with Gasteiger partial charge in [-0.25, -0.2) is 12.9 Å². The summed E-state index contributed by atoms with van der Waals surface area (Å²) in [5, 5.41) is 22.3. The normalized spacial score (nSPS) is 14.2. The van der Waals surface area contributed by atoms with Crippen molar-refractivity contribution in [2.45, 2.75) is 36.5 Å². The fourth-order valence-electron chi connectivity index (χ4n) is 1.81. The Hall–Kier alpha value is -1.64. The maximum atomic E-state index is 12.7. The molecule has 0 saturated heterocycles. The number of nitrogens with zero attached hydrogens (tertiary/aromatic N) is 2. The van der Waals surface area contributed by atoms with Crippen molar-refractivity contribution in [3.05, 3.63) is 24.5 Å². The lowest BCUT2D eigenvalue weighted by Gasteiger charge is -2.22. The molecule has 2 heterocycles. The van der Waals surface area contributed by atoms with Gasteiger partial charge in [0.25, 0.3) is 0 Å². The second-order valence-electron chi connectivity index (χ2n) is 5.97. The molecule has 0 amide bonds. The third kappa shape index (κ3) is 3.08. The van der Waals surface area contributed by atoms with Gasteiger partial charge in [-0.15, -0.1) is 0 Å². The van der Waals surface area contributed by atoms with E-state index in [0.717, 1.165) is 0 Å². The van der Waals surface area contributed by atoms with Crippen molar-refractivity contribution in [2.75, 3.05) is 13.2 Å². The molecule has 22 heavy (non-hydrogen) atoms. The summed E-state index contributed by atoms with van der Waals surface area (Å²) in [4.78, 5) is 0.0399. The number of rotatable bonds is 5. The van der Waals surface area contributed by atoms with Crippen LogP contribution in [0.4, 0.5) is 0 Å². The van der Waals surface area contributed by atoms with Crippen LogP contribution in [0, 0.1) is 0 Å². The van der Waals surface area contributed by atoms with E-state index in [4.69, 9.17) is 9.84 Å². The van der Waals surface area contributed by atoms with Gasteiger partial charge >= 0.3 is 0 Å². The molecule has 2 rings (SSSR count). The van der Waals surface area contributed by atoms with Gasteiger partial charge in [-0.2, -0.15) is 5.10 Å². The number of aliphatic hydroxyl groups excluding tert-OH is 2. The first kappa shape index (κ1) is 16.7. The molecule has 0 aliphatic rings. The fourth-order valence-corrected chi connectivity index (χ4v) is 3.13. The summed E-state index contributed by atoms with van der Waals surface area (Å²) in [6, 6.07) is 3.18. The maximum Gasteiger partial charge on any atom is 0.187 e. The molecule has 2 N–H and O–H groups in total. The van der Waals surface area contributed by atoms with E-state index in [9.17, 15) is 13.5 Å². The van der Waals surface area contributed by atoms with E-state index in [1.54, 1.807) is 33.0 Å². The van der Waals surface area contributed by atoms with Crippen LogP contribution in [-0.4, -0.2) is 52.3 Å². The topological polar surface area (TPSA) is 101 Å². The highest BCUT2D eigenvalue weighted by Gasteiger charge is 2.34. The van der Waals surface area contributed by atoms with E-state index in [0.29, 0.717) is 5.52 Å². The first-order chi connectivity index (χ1) is 10.2. The minimum atomic E-state index is -3.64. The van der Waals surface area contributed by atoms with Gasteiger partial charge in [0.2, 0.25) is 0 Å². The Morgan fingerprint density at radius 3 is 2.68 bits per heavy atom. The second-order valence-corrected chi connectivity index (χ2v) is 8.64. The van der Waals surface area contributed by atoms with Crippen LogP contribution in [0.15, 0.2) is 29.4 Å². The summed E-state index contributed by atoms with van der Waals surface area (Å²) in [7, 11) is -3.64. The molecular weight excluding hydrogens is 308 g/mol. The van der Waals surface area contributed by atoms with Gasteiger partial charge in [0, 0.05) is 6.20 Å². The molecule has 0 spiro atoms. The summed E-state index contributed by atoms with van der Waals surface area (Å²) in [5.41, 5.74) is 0.623. The molecule has 0 fully saturated rings. The summed E-state index contributed by atoms with van der Waals surface area (Å²) in [5.74, 6) is 0.0959. The average Bonchev–Trinajstić information content (AvgIpc) is 2.89. The number of hydrogen-bond donors (Lipinski definition) is 2. The van der Waals surface area contributed by atoms with Crippen molar-refractivity contribution >= 4 is 15.4 Å². The first-order valence-corrected chi connectivity index (χ1v) is 8.29. The third-order valence-electron chi connectivity index (χ3n) is 3.20. The van der Waals surface area contributed by atoms with Crippen LogP contribution < -0.4 is 4.74 Å². The fraction of sp³-hybridized carbons (Fsp3) is 0.500. The number of hydrogen-bond acceptors (Lipinski definition) is 6. The van der Waals surface area contributed by atoms with Gasteiger partial charge in [-0.1, -0.05) is 0 Å². The molecule has 0 saturated carbocycles. The van der Waals surface area contributed by atoms with Crippen molar-refractivity contribution in [1.82, 2.24) is 9.61 Å². The largest absolute Gasteiger partial charge is 0.488 e. The number of sulfone groups is 1. The van der Waals surface area contributed by atoms with Crippen LogP contribution in [0.25, 0.3) is 5.52 Å². The second kappa shape index (κ2) is 5.86. The molecule has 0 aliphatic carbocycles. The molecule has 8 heteroatoms. The Labute approximate surface area is 129 Å². The van der Waals surface area contributed by atoms with E-state index in [1.807, 2.05) is 0 Å². The Morgan fingerprint density at radius 2 is 2.09 bits per heavy atom. The van der Waals surface area contributed by atoms with Gasteiger partial charge in [-0.3, -0.25) is 0 Å². The molecule has 7 nitrogen and oxygen atoms in total. The van der Waals surface area contributed by atoms with Gasteiger partial charge in [0.15, 0.2) is 15.6 Å². The highest BCUT2D eigenvalue weighted by atomic mass is 32.2. The van der Waals surface area contributed by atoms with E-state index in [-0.39, 0.29) is 17.3 Å². The average molecular weight is 328 g/mol. The Bertz CT molecular complexity index is 761. The Balaban J connectivity index is 2.55. The quantitative estimate of drug-likeness (QED) is 0.835. The van der Waals surface area contributed by atoms with Crippen LogP contribution in [0.3, 0.4) is 0 Å². The van der Waals surface area contributed by atoms with Gasteiger partial charge < -0.3 is 14.9 Å². The third-order valence-corrected chi connectivity index (χ3v) is 5.71. The molecule has 2 aromatic rings. The zero-order valence-corrected chi connectivity index (χ0v) is 13.5. The highest BCUT2D eigenvalue weighted by molar-refractivity contribution is 7.92. The van der Waals surface area contributed by atoms with Gasteiger partial charge in [-0.05, 0) is 32.9 Å². The standard InChI is InChI=1S/C14H20N2O5S/c1-14(2,3)22(19,20)13-6-10-4-5-15-16(10)7-12(13)21-9-11(18)8-17/h4-7,11,17-18H,8-9H2,1-3H3. The number of aromatic nitrogens is 2. The molecule has 0 bridgehead atoms. The number of pyridine rings is 1. The van der Waals surface area contributed by atoms with Crippen molar-refractivity contribution in [3.8, 4) is 5.75 Å². The Morgan fingerprint density at radius 1 is 1.41 bits per heavy atom. The van der Waals surface area contributed by atoms with Crippen LogP contribution >= 0.6 is 0 Å². The molecule has 0 radical (unpaired) electrons. The summed E-state index contributed by atoms with van der Waals surface area (Å²) < 4.78 is 31.4. The minimum Gasteiger partial charge on any atom is -0.488 e. The van der Waals surface area contributed by atoms with Crippen molar-refractivity contribution < 1.29 is 23.4 Å². The van der Waals surface area contributed by atoms with Crippen LogP contribution in [0.5, 0.6) is 5.75 Å². The lowest BCUT2D eigenvalue weighted by atomic mass is 10.3. The zero-order valence-electron chi connectivity index (χ0n) is 12.7. The minimum absolute atomic E-state index is 0.0399. The number of aliphatic hydroxyl groups is 2. The van der Waals surface area contributed by atoms with E-state index in [1.165, 1.54) is 16.8 Å². The number of ether oxygens (including phenoxy) is 1. The van der Waals surface area contributed by atoms with Crippen LogP contribution in [-0.2, 0) is 9.84 Å². The van der Waals surface area contributed by atoms with E-state index < -0.39 is 27.3 Å². The van der Waals surface area contributed by atoms with Crippen LogP contribution in [0.2, 0.25) is 0 Å². The molecule has 2 aromatic heterocycles. The van der Waals surface area contributed by atoms with Gasteiger partial charge in [0.1, 0.15) is 17.6 Å². The SMILES string of the molecule is CC(C)(C)S(=O)(=O)c1cc2ccnn2cc1OCC(O)CO. The predicted molar refractivity (Wildman–Crippen MR) is 80.7 cm³/mol. The highest BCUT2D eigenvalue weighted by Crippen LogP contribution is 2.33. The smallest absolute Gasteiger partial charge is 0.187 e. The summed E-state index contributed by atoms with van der Waals surface area (Å²) in [6.07, 6.45) is 1.92. The molecular formula is C14H20N2O5S. The van der Waals surface area contributed by atoms with Crippen LogP contribution in [0.1, 0.15) is 20.8 Å². The molecule has 1 atom stereocenters. The zero-order chi connectivity index (χ0) is 16.5. The van der Waals surface area contributed by atoms with Crippen molar-refractivity contribution in [3.63, 3.8) is 0 Å². The number of fused-ring (bicyclic) bond motifs is 1. The monoisotopic (exact) mass is 328 g/mol.